The van der Waals surface area contributed by atoms with Crippen molar-refractivity contribution in [2.75, 3.05) is 0 Å². The Morgan fingerprint density at radius 2 is 2.00 bits per heavy atom. The molecule has 0 aromatic carbocycles. The van der Waals surface area contributed by atoms with Gasteiger partial charge in [-0.1, -0.05) is 12.8 Å². The van der Waals surface area contributed by atoms with Crippen LogP contribution in [0.4, 0.5) is 0 Å². The number of halogens is 1. The highest BCUT2D eigenvalue weighted by Crippen LogP contribution is 2.38. The van der Waals surface area contributed by atoms with Gasteiger partial charge < -0.3 is 5.11 Å². The van der Waals surface area contributed by atoms with Gasteiger partial charge in [0.05, 0.1) is 5.60 Å². The Labute approximate surface area is 86.1 Å². The molecule has 0 bridgehead atoms. The molecule has 0 unspecified atom stereocenters. The maximum absolute atomic E-state index is 10.2. The van der Waals surface area contributed by atoms with Gasteiger partial charge in [-0.3, -0.25) is 4.98 Å². The lowest BCUT2D eigenvalue weighted by atomic mass is 9.94. The predicted molar refractivity (Wildman–Crippen MR) is 54.3 cm³/mol. The molecule has 2 rings (SSSR count). The maximum Gasteiger partial charge on any atom is 0.0911 e. The summed E-state index contributed by atoms with van der Waals surface area (Å²) in [7, 11) is 0. The lowest BCUT2D eigenvalue weighted by Crippen LogP contribution is -2.20. The molecule has 0 radical (unpaired) electrons. The molecular weight excluding hydrogens is 230 g/mol. The Balaban J connectivity index is 2.33. The summed E-state index contributed by atoms with van der Waals surface area (Å²) in [5.74, 6) is 0. The van der Waals surface area contributed by atoms with Gasteiger partial charge >= 0.3 is 0 Å². The summed E-state index contributed by atoms with van der Waals surface area (Å²) in [4.78, 5) is 4.07. The van der Waals surface area contributed by atoms with Crippen LogP contribution < -0.4 is 0 Å². The summed E-state index contributed by atoms with van der Waals surface area (Å²) in [5.41, 5.74) is 0.330. The van der Waals surface area contributed by atoms with E-state index in [0.29, 0.717) is 0 Å². The number of rotatable bonds is 1. The minimum absolute atomic E-state index is 0.614. The SMILES string of the molecule is OC1(c2cncc(Br)c2)CCCC1. The average Bonchev–Trinajstić information content (AvgIpc) is 2.54. The predicted octanol–water partition coefficient (Wildman–Crippen LogP) is 2.61. The fourth-order valence-electron chi connectivity index (χ4n) is 1.91. The van der Waals surface area contributed by atoms with Gasteiger partial charge in [0, 0.05) is 22.4 Å². The molecule has 0 saturated heterocycles. The molecule has 2 nitrogen and oxygen atoms in total. The molecule has 0 atom stereocenters. The second-order valence-corrected chi connectivity index (χ2v) is 4.55. The van der Waals surface area contributed by atoms with Gasteiger partial charge in [0.2, 0.25) is 0 Å². The van der Waals surface area contributed by atoms with Crippen molar-refractivity contribution in [1.29, 1.82) is 0 Å². The third-order valence-electron chi connectivity index (χ3n) is 2.67. The molecule has 70 valence electrons. The maximum atomic E-state index is 10.2. The zero-order valence-corrected chi connectivity index (χ0v) is 8.92. The first-order valence-electron chi connectivity index (χ1n) is 4.54. The number of aliphatic hydroxyl groups is 1. The van der Waals surface area contributed by atoms with Crippen LogP contribution >= 0.6 is 15.9 Å². The third-order valence-corrected chi connectivity index (χ3v) is 3.11. The van der Waals surface area contributed by atoms with E-state index >= 15 is 0 Å². The molecular formula is C10H12BrNO. The van der Waals surface area contributed by atoms with Gasteiger partial charge in [0.15, 0.2) is 0 Å². The van der Waals surface area contributed by atoms with Crippen LogP contribution in [0.25, 0.3) is 0 Å². The largest absolute Gasteiger partial charge is 0.385 e. The van der Waals surface area contributed by atoms with E-state index < -0.39 is 5.60 Å². The smallest absolute Gasteiger partial charge is 0.0911 e. The van der Waals surface area contributed by atoms with E-state index in [4.69, 9.17) is 0 Å². The van der Waals surface area contributed by atoms with Crippen LogP contribution in [0.3, 0.4) is 0 Å². The van der Waals surface area contributed by atoms with Crippen LogP contribution in [0, 0.1) is 0 Å². The summed E-state index contributed by atoms with van der Waals surface area (Å²) in [6.07, 6.45) is 7.46. The van der Waals surface area contributed by atoms with Gasteiger partial charge in [-0.2, -0.15) is 0 Å². The Hall–Kier alpha value is -0.410. The molecule has 13 heavy (non-hydrogen) atoms. The molecule has 3 heteroatoms. The minimum atomic E-state index is -0.614. The summed E-state index contributed by atoms with van der Waals surface area (Å²) >= 11 is 3.36. The van der Waals surface area contributed by atoms with Crippen LogP contribution in [0.2, 0.25) is 0 Å². The van der Waals surface area contributed by atoms with Crippen molar-refractivity contribution in [2.45, 2.75) is 31.3 Å². The minimum Gasteiger partial charge on any atom is -0.385 e. The lowest BCUT2D eigenvalue weighted by molar-refractivity contribution is 0.0440. The van der Waals surface area contributed by atoms with Gasteiger partial charge in [0.25, 0.3) is 0 Å². The van der Waals surface area contributed by atoms with Crippen molar-refractivity contribution in [3.63, 3.8) is 0 Å². The second-order valence-electron chi connectivity index (χ2n) is 3.63. The van der Waals surface area contributed by atoms with Gasteiger partial charge in [-0.25, -0.2) is 0 Å². The number of aromatic nitrogens is 1. The van der Waals surface area contributed by atoms with Crippen molar-refractivity contribution in [3.8, 4) is 0 Å². The van der Waals surface area contributed by atoms with Crippen molar-refractivity contribution in [3.05, 3.63) is 28.5 Å². The van der Waals surface area contributed by atoms with E-state index in [0.717, 1.165) is 35.7 Å². The monoisotopic (exact) mass is 241 g/mol. The Kier molecular flexibility index (Phi) is 2.39. The summed E-state index contributed by atoms with van der Waals surface area (Å²) in [5, 5.41) is 10.2. The van der Waals surface area contributed by atoms with Crippen LogP contribution in [0.1, 0.15) is 31.2 Å². The summed E-state index contributed by atoms with van der Waals surface area (Å²) in [6, 6.07) is 1.96. The first kappa shape index (κ1) is 9.16. The number of hydrogen-bond acceptors (Lipinski definition) is 2. The summed E-state index contributed by atoms with van der Waals surface area (Å²) < 4.78 is 0.935. The molecule has 0 amide bonds. The van der Waals surface area contributed by atoms with Crippen LogP contribution in [0.5, 0.6) is 0 Å². The Morgan fingerprint density at radius 1 is 1.31 bits per heavy atom. The highest BCUT2D eigenvalue weighted by atomic mass is 79.9. The quantitative estimate of drug-likeness (QED) is 0.821. The topological polar surface area (TPSA) is 33.1 Å². The molecule has 1 aliphatic carbocycles. The van der Waals surface area contributed by atoms with Crippen molar-refractivity contribution < 1.29 is 5.11 Å². The van der Waals surface area contributed by atoms with E-state index in [2.05, 4.69) is 20.9 Å². The Bertz CT molecular complexity index is 308. The molecule has 0 aliphatic heterocycles. The van der Waals surface area contributed by atoms with Crippen LogP contribution in [0.15, 0.2) is 22.9 Å². The Morgan fingerprint density at radius 3 is 2.62 bits per heavy atom. The van der Waals surface area contributed by atoms with E-state index in [1.807, 2.05) is 6.07 Å². The molecule has 1 heterocycles. The molecule has 1 fully saturated rings. The molecule has 1 aromatic heterocycles. The number of nitrogens with zero attached hydrogens (tertiary/aromatic N) is 1. The second kappa shape index (κ2) is 3.39. The average molecular weight is 242 g/mol. The summed E-state index contributed by atoms with van der Waals surface area (Å²) in [6.45, 7) is 0. The van der Waals surface area contributed by atoms with Crippen molar-refractivity contribution in [1.82, 2.24) is 4.98 Å². The van der Waals surface area contributed by atoms with Crippen molar-refractivity contribution in [2.24, 2.45) is 0 Å². The van der Waals surface area contributed by atoms with Crippen LogP contribution in [-0.4, -0.2) is 10.1 Å². The molecule has 1 aliphatic rings. The fraction of sp³-hybridized carbons (Fsp3) is 0.500. The first-order valence-corrected chi connectivity index (χ1v) is 5.33. The lowest BCUT2D eigenvalue weighted by Gasteiger charge is -2.22. The highest BCUT2D eigenvalue weighted by molar-refractivity contribution is 9.10. The number of pyridine rings is 1. The van der Waals surface area contributed by atoms with Crippen LogP contribution in [-0.2, 0) is 5.60 Å². The van der Waals surface area contributed by atoms with E-state index in [9.17, 15) is 5.11 Å². The highest BCUT2D eigenvalue weighted by Gasteiger charge is 2.33. The van der Waals surface area contributed by atoms with E-state index in [1.54, 1.807) is 12.4 Å². The van der Waals surface area contributed by atoms with Gasteiger partial charge in [-0.05, 0) is 34.8 Å². The fourth-order valence-corrected chi connectivity index (χ4v) is 2.28. The third kappa shape index (κ3) is 1.76. The molecule has 1 aromatic rings. The molecule has 1 saturated carbocycles. The normalized spacial score (nSPS) is 20.5. The van der Waals surface area contributed by atoms with Gasteiger partial charge in [0.1, 0.15) is 0 Å². The zero-order valence-electron chi connectivity index (χ0n) is 7.33. The van der Waals surface area contributed by atoms with Crippen molar-refractivity contribution >= 4 is 15.9 Å². The standard InChI is InChI=1S/C10H12BrNO/c11-9-5-8(6-12-7-9)10(13)3-1-2-4-10/h5-7,13H,1-4H2. The van der Waals surface area contributed by atoms with E-state index in [1.165, 1.54) is 0 Å². The molecule has 1 N–H and O–H groups in total. The van der Waals surface area contributed by atoms with Gasteiger partial charge in [-0.15, -0.1) is 0 Å². The van der Waals surface area contributed by atoms with E-state index in [-0.39, 0.29) is 0 Å². The first-order chi connectivity index (χ1) is 6.21. The number of hydrogen-bond donors (Lipinski definition) is 1. The molecule has 0 spiro atoms. The zero-order chi connectivity index (χ0) is 9.31.